The Balaban J connectivity index is 1.77. The third-order valence-corrected chi connectivity index (χ3v) is 5.12. The number of benzene rings is 1. The second-order valence-electron chi connectivity index (χ2n) is 5.91. The van der Waals surface area contributed by atoms with Gasteiger partial charge < -0.3 is 20.1 Å². The van der Waals surface area contributed by atoms with E-state index in [9.17, 15) is 9.59 Å². The van der Waals surface area contributed by atoms with Crippen LogP contribution < -0.4 is 20.1 Å². The summed E-state index contributed by atoms with van der Waals surface area (Å²) in [5, 5.41) is 6.42. The largest absolute Gasteiger partial charge is 0.497 e. The summed E-state index contributed by atoms with van der Waals surface area (Å²) in [4.78, 5) is 25.1. The second-order valence-corrected chi connectivity index (χ2v) is 6.96. The van der Waals surface area contributed by atoms with Crippen LogP contribution in [0.15, 0.2) is 24.3 Å². The lowest BCUT2D eigenvalue weighted by Crippen LogP contribution is -2.12. The predicted octanol–water partition coefficient (Wildman–Crippen LogP) is 3.67. The van der Waals surface area contributed by atoms with E-state index in [-0.39, 0.29) is 17.7 Å². The summed E-state index contributed by atoms with van der Waals surface area (Å²) in [6, 6.07) is 7.02. The second kappa shape index (κ2) is 7.14. The molecule has 0 bridgehead atoms. The van der Waals surface area contributed by atoms with Crippen LogP contribution in [0.25, 0.3) is 0 Å². The smallest absolute Gasteiger partial charge is 0.266 e. The van der Waals surface area contributed by atoms with E-state index in [0.29, 0.717) is 27.1 Å². The van der Waals surface area contributed by atoms with Gasteiger partial charge in [0.1, 0.15) is 11.5 Å². The minimum Gasteiger partial charge on any atom is -0.497 e. The van der Waals surface area contributed by atoms with E-state index in [1.165, 1.54) is 11.3 Å². The van der Waals surface area contributed by atoms with Crippen LogP contribution in [-0.2, 0) is 4.79 Å². The summed E-state index contributed by atoms with van der Waals surface area (Å²) in [7, 11) is 3.10. The molecule has 2 N–H and O–H groups in total. The van der Waals surface area contributed by atoms with Crippen molar-refractivity contribution in [1.82, 2.24) is 0 Å². The fourth-order valence-corrected chi connectivity index (χ4v) is 3.40. The van der Waals surface area contributed by atoms with Crippen molar-refractivity contribution >= 4 is 33.8 Å². The predicted molar refractivity (Wildman–Crippen MR) is 97.9 cm³/mol. The van der Waals surface area contributed by atoms with Crippen LogP contribution >= 0.6 is 11.3 Å². The average Bonchev–Trinajstić information content (AvgIpc) is 3.38. The molecular weight excluding hydrogens is 340 g/mol. The molecule has 2 amide bonds. The molecule has 0 atom stereocenters. The Labute approximate surface area is 150 Å². The van der Waals surface area contributed by atoms with Crippen LogP contribution in [0.5, 0.6) is 11.5 Å². The maximum absolute atomic E-state index is 12.6. The highest BCUT2D eigenvalue weighted by atomic mass is 32.1. The number of anilines is 2. The van der Waals surface area contributed by atoms with Gasteiger partial charge in [0, 0.05) is 12.0 Å². The van der Waals surface area contributed by atoms with Gasteiger partial charge in [0.15, 0.2) is 0 Å². The summed E-state index contributed by atoms with van der Waals surface area (Å²) in [5.41, 5.74) is 1.35. The SMILES string of the molecule is COc1ccc(OC)c(NC(=O)c2sc(NC(=O)C3CC3)cc2C)c1. The van der Waals surface area contributed by atoms with E-state index in [0.717, 1.165) is 18.4 Å². The Hall–Kier alpha value is -2.54. The first kappa shape index (κ1) is 17.3. The van der Waals surface area contributed by atoms with E-state index in [4.69, 9.17) is 9.47 Å². The zero-order valence-corrected chi connectivity index (χ0v) is 15.2. The van der Waals surface area contributed by atoms with Crippen LogP contribution in [0, 0.1) is 12.8 Å². The molecule has 0 aliphatic heterocycles. The molecule has 6 nitrogen and oxygen atoms in total. The van der Waals surface area contributed by atoms with Crippen molar-refractivity contribution in [1.29, 1.82) is 0 Å². The lowest BCUT2D eigenvalue weighted by atomic mass is 10.2. The van der Waals surface area contributed by atoms with Gasteiger partial charge in [-0.2, -0.15) is 0 Å². The molecule has 25 heavy (non-hydrogen) atoms. The third-order valence-electron chi connectivity index (χ3n) is 3.97. The Kier molecular flexibility index (Phi) is 4.94. The fourth-order valence-electron chi connectivity index (χ4n) is 2.43. The Morgan fingerprint density at radius 1 is 1.12 bits per heavy atom. The molecule has 2 aromatic rings. The maximum atomic E-state index is 12.6. The van der Waals surface area contributed by atoms with Gasteiger partial charge in [-0.3, -0.25) is 9.59 Å². The van der Waals surface area contributed by atoms with Crippen LogP contribution in [0.4, 0.5) is 10.7 Å². The number of rotatable bonds is 6. The van der Waals surface area contributed by atoms with E-state index in [2.05, 4.69) is 10.6 Å². The van der Waals surface area contributed by atoms with E-state index in [1.807, 2.05) is 13.0 Å². The van der Waals surface area contributed by atoms with Gasteiger partial charge in [-0.1, -0.05) is 0 Å². The van der Waals surface area contributed by atoms with Crippen LogP contribution in [0.2, 0.25) is 0 Å². The highest BCUT2D eigenvalue weighted by Crippen LogP contribution is 2.34. The normalized spacial score (nSPS) is 13.2. The Morgan fingerprint density at radius 2 is 1.88 bits per heavy atom. The number of aryl methyl sites for hydroxylation is 1. The monoisotopic (exact) mass is 360 g/mol. The van der Waals surface area contributed by atoms with E-state index in [1.54, 1.807) is 32.4 Å². The topological polar surface area (TPSA) is 76.7 Å². The number of ether oxygens (including phenoxy) is 2. The van der Waals surface area contributed by atoms with Crippen molar-refractivity contribution < 1.29 is 19.1 Å². The summed E-state index contributed by atoms with van der Waals surface area (Å²) in [6.07, 6.45) is 1.89. The van der Waals surface area contributed by atoms with Crippen LogP contribution in [-0.4, -0.2) is 26.0 Å². The van der Waals surface area contributed by atoms with Gasteiger partial charge >= 0.3 is 0 Å². The lowest BCUT2D eigenvalue weighted by Gasteiger charge is -2.11. The molecule has 132 valence electrons. The van der Waals surface area contributed by atoms with Crippen molar-refractivity contribution in [2.45, 2.75) is 19.8 Å². The molecule has 0 saturated heterocycles. The maximum Gasteiger partial charge on any atom is 0.266 e. The highest BCUT2D eigenvalue weighted by molar-refractivity contribution is 7.18. The minimum absolute atomic E-state index is 0.0303. The van der Waals surface area contributed by atoms with Crippen molar-refractivity contribution in [3.8, 4) is 11.5 Å². The lowest BCUT2D eigenvalue weighted by molar-refractivity contribution is -0.117. The van der Waals surface area contributed by atoms with Gasteiger partial charge in [-0.15, -0.1) is 11.3 Å². The van der Waals surface area contributed by atoms with Gasteiger partial charge in [0.2, 0.25) is 5.91 Å². The Morgan fingerprint density at radius 3 is 2.52 bits per heavy atom. The third kappa shape index (κ3) is 3.93. The number of amides is 2. The van der Waals surface area contributed by atoms with E-state index >= 15 is 0 Å². The number of hydrogen-bond acceptors (Lipinski definition) is 5. The molecule has 1 aliphatic rings. The number of methoxy groups -OCH3 is 2. The number of nitrogens with one attached hydrogen (secondary N) is 2. The first-order valence-electron chi connectivity index (χ1n) is 7.96. The zero-order chi connectivity index (χ0) is 18.0. The molecule has 1 heterocycles. The zero-order valence-electron chi connectivity index (χ0n) is 14.3. The summed E-state index contributed by atoms with van der Waals surface area (Å²) >= 11 is 1.27. The minimum atomic E-state index is -0.249. The molecule has 1 aliphatic carbocycles. The number of thiophene rings is 1. The van der Waals surface area contributed by atoms with Crippen LogP contribution in [0.3, 0.4) is 0 Å². The summed E-state index contributed by atoms with van der Waals surface area (Å²) in [5.74, 6) is 1.08. The first-order valence-corrected chi connectivity index (χ1v) is 8.78. The van der Waals surface area contributed by atoms with Crippen molar-refractivity contribution in [2.24, 2.45) is 5.92 Å². The molecule has 3 rings (SSSR count). The van der Waals surface area contributed by atoms with Crippen LogP contribution in [0.1, 0.15) is 28.1 Å². The standard InChI is InChI=1S/C18H20N2O4S/c1-10-8-15(20-17(21)11-4-5-11)25-16(10)18(22)19-13-9-12(23-2)6-7-14(13)24-3/h6-9,11H,4-5H2,1-3H3,(H,19,22)(H,20,21). The quantitative estimate of drug-likeness (QED) is 0.824. The molecule has 1 aromatic heterocycles. The van der Waals surface area contributed by atoms with Gasteiger partial charge in [0.05, 0.1) is 29.8 Å². The molecular formula is C18H20N2O4S. The van der Waals surface area contributed by atoms with Gasteiger partial charge in [-0.25, -0.2) is 0 Å². The molecule has 0 radical (unpaired) electrons. The summed E-state index contributed by atoms with van der Waals surface area (Å²) < 4.78 is 10.5. The molecule has 1 aromatic carbocycles. The molecule has 1 saturated carbocycles. The van der Waals surface area contributed by atoms with Gasteiger partial charge in [0.25, 0.3) is 5.91 Å². The fraction of sp³-hybridized carbons (Fsp3) is 0.333. The summed E-state index contributed by atoms with van der Waals surface area (Å²) in [6.45, 7) is 1.85. The van der Waals surface area contributed by atoms with Gasteiger partial charge in [-0.05, 0) is 43.5 Å². The highest BCUT2D eigenvalue weighted by Gasteiger charge is 2.30. The molecule has 7 heteroatoms. The molecule has 0 spiro atoms. The first-order chi connectivity index (χ1) is 12.0. The molecule has 1 fully saturated rings. The van der Waals surface area contributed by atoms with E-state index < -0.39 is 0 Å². The van der Waals surface area contributed by atoms with Crippen molar-refractivity contribution in [3.05, 3.63) is 34.7 Å². The number of carbonyl (C=O) groups is 2. The average molecular weight is 360 g/mol. The Bertz CT molecular complexity index is 811. The number of hydrogen-bond donors (Lipinski definition) is 2. The number of carbonyl (C=O) groups excluding carboxylic acids is 2. The molecule has 0 unspecified atom stereocenters. The van der Waals surface area contributed by atoms with Crippen molar-refractivity contribution in [2.75, 3.05) is 24.9 Å². The van der Waals surface area contributed by atoms with Crippen molar-refractivity contribution in [3.63, 3.8) is 0 Å².